The molecule has 6 heteroatoms. The number of ether oxygens (including phenoxy) is 2. The van der Waals surface area contributed by atoms with Crippen molar-refractivity contribution in [2.75, 3.05) is 20.2 Å². The maximum atomic E-state index is 11.9. The van der Waals surface area contributed by atoms with E-state index in [1.54, 1.807) is 20.8 Å². The van der Waals surface area contributed by atoms with Crippen LogP contribution < -0.4 is 10.6 Å². The summed E-state index contributed by atoms with van der Waals surface area (Å²) in [6, 6.07) is 0. The molecule has 1 aliphatic carbocycles. The fourth-order valence-electron chi connectivity index (χ4n) is 2.72. The average molecular weight is 256 g/mol. The van der Waals surface area contributed by atoms with E-state index < -0.39 is 17.2 Å². The first-order valence-electron chi connectivity index (χ1n) is 6.11. The van der Waals surface area contributed by atoms with Crippen molar-refractivity contribution in [3.05, 3.63) is 0 Å². The Bertz CT molecular complexity index is 365. The molecule has 2 N–H and O–H groups in total. The van der Waals surface area contributed by atoms with E-state index in [4.69, 9.17) is 9.47 Å². The monoisotopic (exact) mass is 256 g/mol. The highest BCUT2D eigenvalue weighted by molar-refractivity contribution is 5.91. The number of fused-ring (bicyclic) bond motifs is 1. The quantitative estimate of drug-likeness (QED) is 0.694. The van der Waals surface area contributed by atoms with E-state index in [2.05, 4.69) is 10.6 Å². The largest absolute Gasteiger partial charge is 0.467 e. The molecule has 2 aliphatic rings. The summed E-state index contributed by atoms with van der Waals surface area (Å²) in [7, 11) is 1.34. The highest BCUT2D eigenvalue weighted by Crippen LogP contribution is 2.53. The first-order chi connectivity index (χ1) is 8.31. The number of piperidine rings is 1. The zero-order valence-electron chi connectivity index (χ0n) is 11.2. The smallest absolute Gasteiger partial charge is 0.408 e. The van der Waals surface area contributed by atoms with Crippen molar-refractivity contribution in [1.82, 2.24) is 10.6 Å². The lowest BCUT2D eigenvalue weighted by atomic mass is 10.1. The number of carbonyl (C=O) groups excluding carboxylic acids is 2. The lowest BCUT2D eigenvalue weighted by Crippen LogP contribution is -2.51. The molecule has 2 fully saturated rings. The van der Waals surface area contributed by atoms with Crippen molar-refractivity contribution < 1.29 is 19.1 Å². The Kier molecular flexibility index (Phi) is 3.01. The van der Waals surface area contributed by atoms with Gasteiger partial charge in [0.15, 0.2) is 0 Å². The number of methoxy groups -OCH3 is 1. The third-order valence-electron chi connectivity index (χ3n) is 3.51. The highest BCUT2D eigenvalue weighted by atomic mass is 16.6. The van der Waals surface area contributed by atoms with E-state index in [1.165, 1.54) is 7.11 Å². The molecule has 1 amide bonds. The standard InChI is InChI=1S/C12H20N2O4/c1-11(2,3)18-10(16)14-12(9(15)17-4)7-5-13-6-8(7)12/h7-8,13H,5-6H2,1-4H3,(H,14,16). The second-order valence-electron chi connectivity index (χ2n) is 5.86. The van der Waals surface area contributed by atoms with Gasteiger partial charge in [0, 0.05) is 24.9 Å². The van der Waals surface area contributed by atoms with Crippen LogP contribution >= 0.6 is 0 Å². The van der Waals surface area contributed by atoms with Gasteiger partial charge in [-0.2, -0.15) is 0 Å². The molecular weight excluding hydrogens is 236 g/mol. The van der Waals surface area contributed by atoms with Gasteiger partial charge in [-0.05, 0) is 20.8 Å². The molecule has 0 spiro atoms. The Morgan fingerprint density at radius 1 is 1.28 bits per heavy atom. The van der Waals surface area contributed by atoms with E-state index in [9.17, 15) is 9.59 Å². The second kappa shape index (κ2) is 4.12. The molecule has 1 aliphatic heterocycles. The maximum Gasteiger partial charge on any atom is 0.408 e. The molecule has 0 radical (unpaired) electrons. The minimum atomic E-state index is -0.887. The predicted molar refractivity (Wildman–Crippen MR) is 64.0 cm³/mol. The molecule has 0 aromatic rings. The van der Waals surface area contributed by atoms with Gasteiger partial charge in [-0.1, -0.05) is 0 Å². The molecule has 1 saturated carbocycles. The van der Waals surface area contributed by atoms with Crippen molar-refractivity contribution in [3.8, 4) is 0 Å². The van der Waals surface area contributed by atoms with Crippen molar-refractivity contribution >= 4 is 12.1 Å². The van der Waals surface area contributed by atoms with Gasteiger partial charge < -0.3 is 20.1 Å². The summed E-state index contributed by atoms with van der Waals surface area (Å²) in [5.41, 5.74) is -1.47. The SMILES string of the molecule is COC(=O)C1(NC(=O)OC(C)(C)C)C2CNCC21. The Balaban J connectivity index is 2.05. The minimum Gasteiger partial charge on any atom is -0.467 e. The van der Waals surface area contributed by atoms with E-state index >= 15 is 0 Å². The van der Waals surface area contributed by atoms with E-state index in [-0.39, 0.29) is 17.8 Å². The van der Waals surface area contributed by atoms with E-state index in [0.717, 1.165) is 13.1 Å². The van der Waals surface area contributed by atoms with Crippen molar-refractivity contribution in [3.63, 3.8) is 0 Å². The van der Waals surface area contributed by atoms with Gasteiger partial charge in [-0.3, -0.25) is 0 Å². The van der Waals surface area contributed by atoms with Crippen LogP contribution in [0.15, 0.2) is 0 Å². The zero-order valence-corrected chi connectivity index (χ0v) is 11.2. The van der Waals surface area contributed by atoms with E-state index in [1.807, 2.05) is 0 Å². The Morgan fingerprint density at radius 2 is 1.83 bits per heavy atom. The third-order valence-corrected chi connectivity index (χ3v) is 3.51. The van der Waals surface area contributed by atoms with E-state index in [0.29, 0.717) is 0 Å². The topological polar surface area (TPSA) is 76.7 Å². The normalized spacial score (nSPS) is 33.6. The molecule has 1 saturated heterocycles. The van der Waals surface area contributed by atoms with Crippen LogP contribution in [0.1, 0.15) is 20.8 Å². The maximum absolute atomic E-state index is 11.9. The number of esters is 1. The molecular formula is C12H20N2O4. The Labute approximate surface area is 106 Å². The van der Waals surface area contributed by atoms with Crippen LogP contribution in [0.2, 0.25) is 0 Å². The number of hydrogen-bond acceptors (Lipinski definition) is 5. The minimum absolute atomic E-state index is 0.109. The number of carbonyl (C=O) groups is 2. The van der Waals surface area contributed by atoms with Gasteiger partial charge in [0.2, 0.25) is 0 Å². The molecule has 102 valence electrons. The molecule has 6 nitrogen and oxygen atoms in total. The number of nitrogens with one attached hydrogen (secondary N) is 2. The van der Waals surface area contributed by atoms with Gasteiger partial charge in [0.1, 0.15) is 11.1 Å². The van der Waals surface area contributed by atoms with Crippen molar-refractivity contribution in [1.29, 1.82) is 0 Å². The molecule has 1 heterocycles. The Morgan fingerprint density at radius 3 is 2.28 bits per heavy atom. The zero-order chi connectivity index (χ0) is 13.6. The second-order valence-corrected chi connectivity index (χ2v) is 5.86. The van der Waals surface area contributed by atoms with Crippen LogP contribution in [0.25, 0.3) is 0 Å². The third kappa shape index (κ3) is 2.05. The van der Waals surface area contributed by atoms with Gasteiger partial charge in [-0.25, -0.2) is 9.59 Å². The molecule has 0 bridgehead atoms. The van der Waals surface area contributed by atoms with Gasteiger partial charge >= 0.3 is 12.1 Å². The average Bonchev–Trinajstić information content (AvgIpc) is 2.65. The van der Waals surface area contributed by atoms with Crippen molar-refractivity contribution in [2.45, 2.75) is 31.9 Å². The highest BCUT2D eigenvalue weighted by Gasteiger charge is 2.73. The molecule has 0 aromatic heterocycles. The van der Waals surface area contributed by atoms with Gasteiger partial charge in [-0.15, -0.1) is 0 Å². The fourth-order valence-corrected chi connectivity index (χ4v) is 2.72. The summed E-state index contributed by atoms with van der Waals surface area (Å²) in [5.74, 6) is -0.167. The van der Waals surface area contributed by atoms with Crippen LogP contribution in [0.4, 0.5) is 4.79 Å². The number of amides is 1. The lowest BCUT2D eigenvalue weighted by molar-refractivity contribution is -0.145. The summed E-state index contributed by atoms with van der Waals surface area (Å²) >= 11 is 0. The first kappa shape index (κ1) is 13.1. The first-order valence-corrected chi connectivity index (χ1v) is 6.11. The molecule has 0 aromatic carbocycles. The van der Waals surface area contributed by atoms with Crippen LogP contribution in [0.3, 0.4) is 0 Å². The molecule has 2 unspecified atom stereocenters. The summed E-state index contributed by atoms with van der Waals surface area (Å²) in [5, 5.41) is 5.88. The summed E-state index contributed by atoms with van der Waals surface area (Å²) in [6.45, 7) is 6.79. The lowest BCUT2D eigenvalue weighted by Gasteiger charge is -2.24. The number of hydrogen-bond donors (Lipinski definition) is 2. The summed E-state index contributed by atoms with van der Waals surface area (Å²) in [4.78, 5) is 23.7. The summed E-state index contributed by atoms with van der Waals surface area (Å²) < 4.78 is 10.0. The summed E-state index contributed by atoms with van der Waals surface area (Å²) in [6.07, 6.45) is -0.567. The van der Waals surface area contributed by atoms with Crippen LogP contribution in [0, 0.1) is 11.8 Å². The van der Waals surface area contributed by atoms with Crippen molar-refractivity contribution in [2.24, 2.45) is 11.8 Å². The number of alkyl carbamates (subject to hydrolysis) is 1. The van der Waals surface area contributed by atoms with Crippen LogP contribution in [0.5, 0.6) is 0 Å². The number of rotatable bonds is 2. The fraction of sp³-hybridized carbons (Fsp3) is 0.833. The molecule has 18 heavy (non-hydrogen) atoms. The molecule has 2 atom stereocenters. The Hall–Kier alpha value is -1.30. The predicted octanol–water partition coefficient (Wildman–Crippen LogP) is 0.272. The van der Waals surface area contributed by atoms with Crippen LogP contribution in [-0.2, 0) is 14.3 Å². The van der Waals surface area contributed by atoms with Gasteiger partial charge in [0.05, 0.1) is 7.11 Å². The van der Waals surface area contributed by atoms with Crippen LogP contribution in [-0.4, -0.2) is 43.4 Å². The molecule has 2 rings (SSSR count). The van der Waals surface area contributed by atoms with Gasteiger partial charge in [0.25, 0.3) is 0 Å².